The number of sulfonamides is 1. The quantitative estimate of drug-likeness (QED) is 0.877. The summed E-state index contributed by atoms with van der Waals surface area (Å²) in [5.41, 5.74) is 0. The third-order valence-corrected chi connectivity index (χ3v) is 4.66. The summed E-state index contributed by atoms with van der Waals surface area (Å²) < 4.78 is 26.8. The molecule has 2 rings (SSSR count). The van der Waals surface area contributed by atoms with Crippen molar-refractivity contribution in [2.24, 2.45) is 7.05 Å². The van der Waals surface area contributed by atoms with Gasteiger partial charge in [0.25, 0.3) is 0 Å². The maximum atomic E-state index is 11.9. The van der Waals surface area contributed by atoms with E-state index in [2.05, 4.69) is 15.3 Å². The SMILES string of the molecule is CN(C)S(=O)(=O)c1ccc(NCc2nccn2C)nc1. The van der Waals surface area contributed by atoms with Crippen LogP contribution < -0.4 is 5.32 Å². The van der Waals surface area contributed by atoms with E-state index in [9.17, 15) is 8.42 Å². The van der Waals surface area contributed by atoms with Gasteiger partial charge in [0.05, 0.1) is 6.54 Å². The van der Waals surface area contributed by atoms with E-state index in [1.807, 2.05) is 17.8 Å². The zero-order valence-electron chi connectivity index (χ0n) is 11.6. The first kappa shape index (κ1) is 14.5. The van der Waals surface area contributed by atoms with Gasteiger partial charge in [-0.2, -0.15) is 0 Å². The number of anilines is 1. The first-order valence-electron chi connectivity index (χ1n) is 6.00. The molecule has 0 spiro atoms. The number of pyridine rings is 1. The molecule has 8 heteroatoms. The molecule has 7 nitrogen and oxygen atoms in total. The Morgan fingerprint density at radius 3 is 2.55 bits per heavy atom. The van der Waals surface area contributed by atoms with E-state index >= 15 is 0 Å². The molecule has 0 unspecified atom stereocenters. The molecule has 0 bridgehead atoms. The number of nitrogens with one attached hydrogen (secondary N) is 1. The lowest BCUT2D eigenvalue weighted by Crippen LogP contribution is -2.22. The molecular formula is C12H17N5O2S. The molecule has 0 aliphatic carbocycles. The van der Waals surface area contributed by atoms with Crippen LogP contribution in [0.1, 0.15) is 5.82 Å². The molecule has 0 amide bonds. The van der Waals surface area contributed by atoms with E-state index in [-0.39, 0.29) is 4.90 Å². The maximum absolute atomic E-state index is 11.9. The molecule has 1 N–H and O–H groups in total. The molecule has 0 aliphatic heterocycles. The van der Waals surface area contributed by atoms with E-state index in [0.717, 1.165) is 10.1 Å². The normalized spacial score (nSPS) is 11.8. The number of hydrogen-bond donors (Lipinski definition) is 1. The van der Waals surface area contributed by atoms with E-state index in [1.54, 1.807) is 12.3 Å². The first-order chi connectivity index (χ1) is 9.41. The van der Waals surface area contributed by atoms with Crippen LogP contribution in [0.3, 0.4) is 0 Å². The average molecular weight is 295 g/mol. The molecule has 2 heterocycles. The van der Waals surface area contributed by atoms with Gasteiger partial charge in [-0.3, -0.25) is 0 Å². The molecule has 2 aromatic rings. The molecule has 20 heavy (non-hydrogen) atoms. The lowest BCUT2D eigenvalue weighted by Gasteiger charge is -2.11. The Morgan fingerprint density at radius 2 is 2.05 bits per heavy atom. The topological polar surface area (TPSA) is 80.1 Å². The van der Waals surface area contributed by atoms with Crippen LogP contribution in [-0.4, -0.2) is 41.4 Å². The number of aromatic nitrogens is 3. The Hall–Kier alpha value is -1.93. The largest absolute Gasteiger partial charge is 0.363 e. The number of rotatable bonds is 5. The van der Waals surface area contributed by atoms with Gasteiger partial charge in [-0.15, -0.1) is 0 Å². The second-order valence-corrected chi connectivity index (χ2v) is 6.63. The number of hydrogen-bond acceptors (Lipinski definition) is 5. The van der Waals surface area contributed by atoms with Crippen LogP contribution in [0.15, 0.2) is 35.6 Å². The Kier molecular flexibility index (Phi) is 4.05. The second kappa shape index (κ2) is 5.59. The Morgan fingerprint density at radius 1 is 1.30 bits per heavy atom. The third-order valence-electron chi connectivity index (χ3n) is 2.86. The summed E-state index contributed by atoms with van der Waals surface area (Å²) >= 11 is 0. The van der Waals surface area contributed by atoms with Crippen LogP contribution in [0, 0.1) is 0 Å². The molecular weight excluding hydrogens is 278 g/mol. The van der Waals surface area contributed by atoms with Crippen LogP contribution in [0.5, 0.6) is 0 Å². The van der Waals surface area contributed by atoms with Crippen molar-refractivity contribution in [3.8, 4) is 0 Å². The standard InChI is InChI=1S/C12H17N5O2S/c1-16(2)20(18,19)10-4-5-11(14-8-10)15-9-12-13-6-7-17(12)3/h4-8H,9H2,1-3H3,(H,14,15). The van der Waals surface area contributed by atoms with Gasteiger partial charge in [0, 0.05) is 39.7 Å². The van der Waals surface area contributed by atoms with Crippen molar-refractivity contribution in [2.45, 2.75) is 11.4 Å². The van der Waals surface area contributed by atoms with Crippen molar-refractivity contribution in [3.05, 3.63) is 36.5 Å². The fraction of sp³-hybridized carbons (Fsp3) is 0.333. The van der Waals surface area contributed by atoms with Gasteiger partial charge in [0.2, 0.25) is 10.0 Å². The molecule has 0 saturated heterocycles. The van der Waals surface area contributed by atoms with Crippen molar-refractivity contribution in [1.29, 1.82) is 0 Å². The summed E-state index contributed by atoms with van der Waals surface area (Å²) in [5.74, 6) is 1.47. The molecule has 0 radical (unpaired) electrons. The average Bonchev–Trinajstić information content (AvgIpc) is 2.82. The zero-order chi connectivity index (χ0) is 14.8. The van der Waals surface area contributed by atoms with Gasteiger partial charge in [0.15, 0.2) is 0 Å². The van der Waals surface area contributed by atoms with Crippen molar-refractivity contribution in [3.63, 3.8) is 0 Å². The summed E-state index contributed by atoms with van der Waals surface area (Å²) in [6.45, 7) is 0.524. The molecule has 108 valence electrons. The predicted octanol–water partition coefficient (Wildman–Crippen LogP) is 0.677. The Bertz CT molecular complexity index is 676. The zero-order valence-corrected chi connectivity index (χ0v) is 12.4. The predicted molar refractivity (Wildman–Crippen MR) is 75.6 cm³/mol. The molecule has 0 aromatic carbocycles. The van der Waals surface area contributed by atoms with Gasteiger partial charge in [-0.05, 0) is 12.1 Å². The monoisotopic (exact) mass is 295 g/mol. The summed E-state index contributed by atoms with van der Waals surface area (Å²) in [6.07, 6.45) is 4.92. The van der Waals surface area contributed by atoms with Crippen LogP contribution in [0.25, 0.3) is 0 Å². The highest BCUT2D eigenvalue weighted by Crippen LogP contribution is 2.14. The summed E-state index contributed by atoms with van der Waals surface area (Å²) in [6, 6.07) is 3.17. The number of imidazole rings is 1. The lowest BCUT2D eigenvalue weighted by atomic mass is 10.4. The van der Waals surface area contributed by atoms with Crippen LogP contribution >= 0.6 is 0 Å². The fourth-order valence-electron chi connectivity index (χ4n) is 1.58. The molecule has 0 aliphatic rings. The minimum Gasteiger partial charge on any atom is -0.363 e. The summed E-state index contributed by atoms with van der Waals surface area (Å²) in [7, 11) is 1.45. The second-order valence-electron chi connectivity index (χ2n) is 4.47. The third kappa shape index (κ3) is 2.97. The van der Waals surface area contributed by atoms with Gasteiger partial charge in [-0.1, -0.05) is 0 Å². The Labute approximate surface area is 118 Å². The highest BCUT2D eigenvalue weighted by atomic mass is 32.2. The fourth-order valence-corrected chi connectivity index (χ4v) is 2.43. The van der Waals surface area contributed by atoms with E-state index < -0.39 is 10.0 Å². The van der Waals surface area contributed by atoms with Gasteiger partial charge in [-0.25, -0.2) is 22.7 Å². The summed E-state index contributed by atoms with van der Waals surface area (Å²) in [5, 5.41) is 3.09. The molecule has 0 saturated carbocycles. The molecule has 0 fully saturated rings. The lowest BCUT2D eigenvalue weighted by molar-refractivity contribution is 0.520. The van der Waals surface area contributed by atoms with Crippen molar-refractivity contribution >= 4 is 15.8 Å². The van der Waals surface area contributed by atoms with Crippen molar-refractivity contribution < 1.29 is 8.42 Å². The minimum absolute atomic E-state index is 0.171. The molecule has 2 aromatic heterocycles. The van der Waals surface area contributed by atoms with Crippen LogP contribution in [0.4, 0.5) is 5.82 Å². The first-order valence-corrected chi connectivity index (χ1v) is 7.44. The van der Waals surface area contributed by atoms with Crippen LogP contribution in [-0.2, 0) is 23.6 Å². The van der Waals surface area contributed by atoms with Gasteiger partial charge in [0.1, 0.15) is 16.5 Å². The highest BCUT2D eigenvalue weighted by Gasteiger charge is 2.17. The van der Waals surface area contributed by atoms with E-state index in [0.29, 0.717) is 12.4 Å². The molecule has 0 atom stereocenters. The van der Waals surface area contributed by atoms with Gasteiger partial charge < -0.3 is 9.88 Å². The van der Waals surface area contributed by atoms with Gasteiger partial charge >= 0.3 is 0 Å². The van der Waals surface area contributed by atoms with Crippen molar-refractivity contribution in [1.82, 2.24) is 18.8 Å². The van der Waals surface area contributed by atoms with Crippen molar-refractivity contribution in [2.75, 3.05) is 19.4 Å². The van der Waals surface area contributed by atoms with E-state index in [4.69, 9.17) is 0 Å². The maximum Gasteiger partial charge on any atom is 0.244 e. The smallest absolute Gasteiger partial charge is 0.244 e. The van der Waals surface area contributed by atoms with E-state index in [1.165, 1.54) is 26.4 Å². The minimum atomic E-state index is -3.43. The highest BCUT2D eigenvalue weighted by molar-refractivity contribution is 7.89. The van der Waals surface area contributed by atoms with Crippen LogP contribution in [0.2, 0.25) is 0 Å². The number of nitrogens with zero attached hydrogens (tertiary/aromatic N) is 4. The number of aryl methyl sites for hydroxylation is 1. The summed E-state index contributed by atoms with van der Waals surface area (Å²) in [4.78, 5) is 8.45. The Balaban J connectivity index is 2.08.